The van der Waals surface area contributed by atoms with Crippen LogP contribution in [0.25, 0.3) is 0 Å². The van der Waals surface area contributed by atoms with Gasteiger partial charge in [0, 0.05) is 13.1 Å². The maximum absolute atomic E-state index is 12.1. The number of likely N-dealkylation sites (tertiary alicyclic amines) is 1. The fourth-order valence-corrected chi connectivity index (χ4v) is 2.38. The van der Waals surface area contributed by atoms with Crippen LogP contribution in [-0.4, -0.2) is 41.9 Å². The van der Waals surface area contributed by atoms with Crippen LogP contribution in [0.3, 0.4) is 0 Å². The van der Waals surface area contributed by atoms with Gasteiger partial charge in [-0.2, -0.15) is 0 Å². The molecule has 0 aliphatic carbocycles. The number of hydrogen-bond donors (Lipinski definition) is 0. The standard InChI is InChI=1S/C17H31NO3/c1-7-14(3)13-20-17(8-2)9-11-18(12-10-17)15(19)21-16(4,5)6/h3,7-13H2,1-2,4-6H3. The van der Waals surface area contributed by atoms with Gasteiger partial charge in [-0.1, -0.05) is 26.0 Å². The van der Waals surface area contributed by atoms with Crippen molar-refractivity contribution in [3.05, 3.63) is 12.2 Å². The fraction of sp³-hybridized carbons (Fsp3) is 0.824. The molecule has 0 unspecified atom stereocenters. The summed E-state index contributed by atoms with van der Waals surface area (Å²) < 4.78 is 11.5. The van der Waals surface area contributed by atoms with Crippen molar-refractivity contribution in [1.29, 1.82) is 0 Å². The van der Waals surface area contributed by atoms with Crippen LogP contribution < -0.4 is 0 Å². The molecule has 21 heavy (non-hydrogen) atoms. The molecule has 0 N–H and O–H groups in total. The zero-order valence-electron chi connectivity index (χ0n) is 14.3. The Balaban J connectivity index is 2.51. The lowest BCUT2D eigenvalue weighted by atomic mass is 9.88. The first-order valence-corrected chi connectivity index (χ1v) is 8.00. The van der Waals surface area contributed by atoms with Crippen molar-refractivity contribution in [1.82, 2.24) is 4.90 Å². The second-order valence-corrected chi connectivity index (χ2v) is 6.90. The van der Waals surface area contributed by atoms with E-state index in [0.717, 1.165) is 31.3 Å². The van der Waals surface area contributed by atoms with Crippen LogP contribution >= 0.6 is 0 Å². The van der Waals surface area contributed by atoms with Gasteiger partial charge in [0.15, 0.2) is 0 Å². The minimum atomic E-state index is -0.439. The van der Waals surface area contributed by atoms with Crippen LogP contribution in [0.1, 0.15) is 60.3 Å². The largest absolute Gasteiger partial charge is 0.444 e. The summed E-state index contributed by atoms with van der Waals surface area (Å²) in [6.45, 7) is 15.9. The zero-order chi connectivity index (χ0) is 16.1. The molecule has 0 radical (unpaired) electrons. The molecule has 0 aromatic rings. The molecule has 122 valence electrons. The molecule has 4 heteroatoms. The molecule has 1 fully saturated rings. The van der Waals surface area contributed by atoms with Crippen LogP contribution in [0.2, 0.25) is 0 Å². The number of hydrogen-bond acceptors (Lipinski definition) is 3. The monoisotopic (exact) mass is 297 g/mol. The number of amides is 1. The van der Waals surface area contributed by atoms with Gasteiger partial charge in [0.1, 0.15) is 5.60 Å². The Morgan fingerprint density at radius 1 is 1.24 bits per heavy atom. The Morgan fingerprint density at radius 3 is 2.24 bits per heavy atom. The van der Waals surface area contributed by atoms with E-state index in [2.05, 4.69) is 20.4 Å². The molecule has 0 aromatic heterocycles. The smallest absolute Gasteiger partial charge is 0.410 e. The summed E-state index contributed by atoms with van der Waals surface area (Å²) in [6, 6.07) is 0. The minimum absolute atomic E-state index is 0.114. The summed E-state index contributed by atoms with van der Waals surface area (Å²) in [7, 11) is 0. The first-order valence-electron chi connectivity index (χ1n) is 8.00. The van der Waals surface area contributed by atoms with E-state index in [1.54, 1.807) is 4.90 Å². The number of carbonyl (C=O) groups excluding carboxylic acids is 1. The SMILES string of the molecule is C=C(CC)COC1(CC)CCN(C(=O)OC(C)(C)C)CC1. The lowest BCUT2D eigenvalue weighted by Crippen LogP contribution is -2.49. The Labute approximate surface area is 129 Å². The van der Waals surface area contributed by atoms with Gasteiger partial charge in [-0.25, -0.2) is 4.79 Å². The van der Waals surface area contributed by atoms with E-state index in [9.17, 15) is 4.79 Å². The third-order valence-corrected chi connectivity index (χ3v) is 4.05. The average Bonchev–Trinajstić information content (AvgIpc) is 2.43. The van der Waals surface area contributed by atoms with E-state index >= 15 is 0 Å². The highest BCUT2D eigenvalue weighted by atomic mass is 16.6. The first-order chi connectivity index (χ1) is 9.71. The van der Waals surface area contributed by atoms with Gasteiger partial charge in [-0.05, 0) is 46.5 Å². The van der Waals surface area contributed by atoms with Gasteiger partial charge in [0.2, 0.25) is 0 Å². The van der Waals surface area contributed by atoms with Crippen LogP contribution in [-0.2, 0) is 9.47 Å². The van der Waals surface area contributed by atoms with Crippen molar-refractivity contribution >= 4 is 6.09 Å². The predicted octanol–water partition coefficient (Wildman–Crippen LogP) is 4.15. The molecular formula is C17H31NO3. The van der Waals surface area contributed by atoms with Crippen molar-refractivity contribution in [2.45, 2.75) is 71.5 Å². The second-order valence-electron chi connectivity index (χ2n) is 6.90. The van der Waals surface area contributed by atoms with Gasteiger partial charge >= 0.3 is 6.09 Å². The Bertz CT molecular complexity index is 363. The third-order valence-electron chi connectivity index (χ3n) is 4.05. The lowest BCUT2D eigenvalue weighted by Gasteiger charge is -2.41. The third kappa shape index (κ3) is 5.70. The highest BCUT2D eigenvalue weighted by molar-refractivity contribution is 5.68. The van der Waals surface area contributed by atoms with Gasteiger partial charge in [-0.3, -0.25) is 0 Å². The molecule has 0 bridgehead atoms. The normalized spacial score (nSPS) is 18.4. The Morgan fingerprint density at radius 2 is 1.81 bits per heavy atom. The molecule has 1 saturated heterocycles. The summed E-state index contributed by atoms with van der Waals surface area (Å²) in [5, 5.41) is 0. The topological polar surface area (TPSA) is 38.8 Å². The molecule has 1 rings (SSSR count). The first kappa shape index (κ1) is 18.0. The van der Waals surface area contributed by atoms with Gasteiger partial charge < -0.3 is 14.4 Å². The van der Waals surface area contributed by atoms with E-state index in [1.807, 2.05) is 20.8 Å². The number of carbonyl (C=O) groups is 1. The van der Waals surface area contributed by atoms with E-state index in [4.69, 9.17) is 9.47 Å². The van der Waals surface area contributed by atoms with Crippen LogP contribution in [0, 0.1) is 0 Å². The summed E-state index contributed by atoms with van der Waals surface area (Å²) in [4.78, 5) is 13.9. The highest BCUT2D eigenvalue weighted by Gasteiger charge is 2.36. The molecule has 1 aliphatic heterocycles. The van der Waals surface area contributed by atoms with Crippen molar-refractivity contribution in [3.63, 3.8) is 0 Å². The van der Waals surface area contributed by atoms with E-state index in [-0.39, 0.29) is 11.7 Å². The molecule has 1 aliphatic rings. The van der Waals surface area contributed by atoms with Gasteiger partial charge in [0.25, 0.3) is 0 Å². The van der Waals surface area contributed by atoms with Gasteiger partial charge in [0.05, 0.1) is 12.2 Å². The van der Waals surface area contributed by atoms with E-state index < -0.39 is 5.60 Å². The van der Waals surface area contributed by atoms with Crippen LogP contribution in [0.4, 0.5) is 4.79 Å². The van der Waals surface area contributed by atoms with Crippen molar-refractivity contribution in [3.8, 4) is 0 Å². The molecule has 0 saturated carbocycles. The Hall–Kier alpha value is -1.03. The molecule has 0 spiro atoms. The summed E-state index contributed by atoms with van der Waals surface area (Å²) in [5.41, 5.74) is 0.569. The summed E-state index contributed by atoms with van der Waals surface area (Å²) in [6.07, 6.45) is 3.42. The quantitative estimate of drug-likeness (QED) is 0.716. The summed E-state index contributed by atoms with van der Waals surface area (Å²) >= 11 is 0. The lowest BCUT2D eigenvalue weighted by molar-refractivity contribution is -0.0789. The maximum Gasteiger partial charge on any atom is 0.410 e. The van der Waals surface area contributed by atoms with Crippen molar-refractivity contribution < 1.29 is 14.3 Å². The molecule has 0 aromatic carbocycles. The Kier molecular flexibility index (Phi) is 6.26. The number of ether oxygens (including phenoxy) is 2. The second kappa shape index (κ2) is 7.30. The van der Waals surface area contributed by atoms with Crippen molar-refractivity contribution in [2.75, 3.05) is 19.7 Å². The summed E-state index contributed by atoms with van der Waals surface area (Å²) in [5.74, 6) is 0. The number of nitrogens with zero attached hydrogens (tertiary/aromatic N) is 1. The maximum atomic E-state index is 12.1. The predicted molar refractivity (Wildman–Crippen MR) is 85.4 cm³/mol. The molecule has 1 amide bonds. The van der Waals surface area contributed by atoms with Gasteiger partial charge in [-0.15, -0.1) is 0 Å². The number of rotatable bonds is 5. The van der Waals surface area contributed by atoms with Crippen LogP contribution in [0.15, 0.2) is 12.2 Å². The molecule has 4 nitrogen and oxygen atoms in total. The molecule has 1 heterocycles. The van der Waals surface area contributed by atoms with Crippen LogP contribution in [0.5, 0.6) is 0 Å². The van der Waals surface area contributed by atoms with Crippen molar-refractivity contribution in [2.24, 2.45) is 0 Å². The van der Waals surface area contributed by atoms with E-state index in [1.165, 1.54) is 0 Å². The molecular weight excluding hydrogens is 266 g/mol. The van der Waals surface area contributed by atoms with E-state index in [0.29, 0.717) is 19.7 Å². The number of piperidine rings is 1. The highest BCUT2D eigenvalue weighted by Crippen LogP contribution is 2.31. The minimum Gasteiger partial charge on any atom is -0.444 e. The molecule has 0 atom stereocenters. The zero-order valence-corrected chi connectivity index (χ0v) is 14.3. The fourth-order valence-electron chi connectivity index (χ4n) is 2.38. The average molecular weight is 297 g/mol.